The highest BCUT2D eigenvalue weighted by Crippen LogP contribution is 2.39. The number of carbonyl (C=O) groups is 2. The lowest BCUT2D eigenvalue weighted by atomic mass is 9.90. The van der Waals surface area contributed by atoms with E-state index in [1.54, 1.807) is 0 Å². The van der Waals surface area contributed by atoms with Crippen LogP contribution >= 0.6 is 0 Å². The van der Waals surface area contributed by atoms with Crippen molar-refractivity contribution in [1.82, 2.24) is 0 Å². The van der Waals surface area contributed by atoms with Crippen LogP contribution in [-0.4, -0.2) is 22.5 Å². The van der Waals surface area contributed by atoms with E-state index in [1.165, 1.54) is 43.1 Å². The van der Waals surface area contributed by atoms with E-state index in [1.807, 2.05) is 0 Å². The number of fused-ring (bicyclic) bond motifs is 2. The molecule has 0 aliphatic carbocycles. The van der Waals surface area contributed by atoms with E-state index >= 15 is 0 Å². The quantitative estimate of drug-likeness (QED) is 0.151. The van der Waals surface area contributed by atoms with Crippen molar-refractivity contribution in [1.29, 1.82) is 0 Å². The molecule has 5 aromatic carbocycles. The maximum Gasteiger partial charge on any atom is 0.516 e. The Morgan fingerprint density at radius 1 is 0.556 bits per heavy atom. The van der Waals surface area contributed by atoms with Gasteiger partial charge in [-0.25, -0.2) is 9.59 Å². The molecular formula is C22H14O5. The maximum absolute atomic E-state index is 9.21. The van der Waals surface area contributed by atoms with Crippen molar-refractivity contribution in [3.63, 3.8) is 0 Å². The summed E-state index contributed by atoms with van der Waals surface area (Å²) in [6.07, 6.45) is -3.62. The van der Waals surface area contributed by atoms with Gasteiger partial charge in [0.25, 0.3) is 0 Å². The van der Waals surface area contributed by atoms with Crippen molar-refractivity contribution in [2.24, 2.45) is 0 Å². The SMILES string of the molecule is O=C(O)OC(=O)O.c1cc2cccc3c4cccc5cccc(c(c1)c23)c54. The van der Waals surface area contributed by atoms with E-state index in [2.05, 4.69) is 77.5 Å². The van der Waals surface area contributed by atoms with Gasteiger partial charge in [-0.1, -0.05) is 72.8 Å². The topological polar surface area (TPSA) is 83.8 Å². The van der Waals surface area contributed by atoms with Crippen LogP contribution in [0.2, 0.25) is 0 Å². The first kappa shape index (κ1) is 16.6. The van der Waals surface area contributed by atoms with Gasteiger partial charge in [0.1, 0.15) is 0 Å². The van der Waals surface area contributed by atoms with Gasteiger partial charge < -0.3 is 14.9 Å². The van der Waals surface area contributed by atoms with Gasteiger partial charge in [-0.05, 0) is 43.1 Å². The van der Waals surface area contributed by atoms with Crippen molar-refractivity contribution < 1.29 is 24.5 Å². The van der Waals surface area contributed by atoms with E-state index in [-0.39, 0.29) is 0 Å². The summed E-state index contributed by atoms with van der Waals surface area (Å²) in [7, 11) is 0. The summed E-state index contributed by atoms with van der Waals surface area (Å²) >= 11 is 0. The molecule has 0 radical (unpaired) electrons. The number of hydrogen-bond donors (Lipinski definition) is 2. The third-order valence-electron chi connectivity index (χ3n) is 4.56. The van der Waals surface area contributed by atoms with Crippen molar-refractivity contribution in [3.8, 4) is 0 Å². The second kappa shape index (κ2) is 6.46. The minimum absolute atomic E-state index is 1.33. The third kappa shape index (κ3) is 2.85. The van der Waals surface area contributed by atoms with Crippen LogP contribution in [0.4, 0.5) is 9.59 Å². The van der Waals surface area contributed by atoms with Crippen molar-refractivity contribution in [2.45, 2.75) is 0 Å². The largest absolute Gasteiger partial charge is 0.516 e. The summed E-state index contributed by atoms with van der Waals surface area (Å²) in [4.78, 5) is 18.4. The summed E-state index contributed by atoms with van der Waals surface area (Å²) in [5.74, 6) is 0. The van der Waals surface area contributed by atoms with Crippen LogP contribution in [0.25, 0.3) is 43.1 Å². The second-order valence-corrected chi connectivity index (χ2v) is 6.05. The molecule has 5 heteroatoms. The normalized spacial score (nSPS) is 10.8. The Morgan fingerprint density at radius 2 is 0.852 bits per heavy atom. The molecule has 0 atom stereocenters. The van der Waals surface area contributed by atoms with Crippen LogP contribution < -0.4 is 0 Å². The molecule has 0 amide bonds. The molecule has 0 bridgehead atoms. The highest BCUT2D eigenvalue weighted by molar-refractivity contribution is 6.32. The van der Waals surface area contributed by atoms with Crippen molar-refractivity contribution in [3.05, 3.63) is 72.8 Å². The Bertz CT molecular complexity index is 1120. The fraction of sp³-hybridized carbons (Fsp3) is 0. The molecule has 0 saturated heterocycles. The Labute approximate surface area is 153 Å². The molecular weight excluding hydrogens is 344 g/mol. The second-order valence-electron chi connectivity index (χ2n) is 6.05. The molecule has 0 aromatic heterocycles. The minimum atomic E-state index is -1.81. The van der Waals surface area contributed by atoms with Gasteiger partial charge in [0.05, 0.1) is 0 Å². The van der Waals surface area contributed by atoms with Gasteiger partial charge in [0, 0.05) is 0 Å². The number of rotatable bonds is 0. The Balaban J connectivity index is 0.000000224. The zero-order chi connectivity index (χ0) is 19.0. The standard InChI is InChI=1S/C20H12.C2H2O5/c1-5-13-6-2-11-17-18-12-4-8-14-7-3-10-16(20(14)18)15(9-1)19(13)17;3-1(4)7-2(5)6/h1-12H;(H,3,4)(H,5,6). The highest BCUT2D eigenvalue weighted by Gasteiger charge is 2.11. The van der Waals surface area contributed by atoms with E-state index in [0.29, 0.717) is 0 Å². The number of ether oxygens (including phenoxy) is 1. The number of carboxylic acid groups (broad SMARTS) is 2. The third-order valence-corrected chi connectivity index (χ3v) is 4.56. The first-order chi connectivity index (χ1) is 13.1. The zero-order valence-electron chi connectivity index (χ0n) is 14.0. The molecule has 0 unspecified atom stereocenters. The molecule has 0 heterocycles. The summed E-state index contributed by atoms with van der Waals surface area (Å²) in [6.45, 7) is 0. The fourth-order valence-electron chi connectivity index (χ4n) is 3.65. The predicted octanol–water partition coefficient (Wildman–Crippen LogP) is 6.10. The first-order valence-electron chi connectivity index (χ1n) is 8.24. The van der Waals surface area contributed by atoms with E-state index in [9.17, 15) is 9.59 Å². The fourth-order valence-corrected chi connectivity index (χ4v) is 3.65. The Hall–Kier alpha value is -3.86. The van der Waals surface area contributed by atoms with Gasteiger partial charge in [-0.3, -0.25) is 0 Å². The molecule has 0 fully saturated rings. The first-order valence-corrected chi connectivity index (χ1v) is 8.24. The molecule has 5 aromatic rings. The van der Waals surface area contributed by atoms with Gasteiger partial charge in [0.2, 0.25) is 0 Å². The smallest absolute Gasteiger partial charge is 0.449 e. The lowest BCUT2D eigenvalue weighted by molar-refractivity contribution is 0.0802. The Kier molecular flexibility index (Phi) is 3.97. The van der Waals surface area contributed by atoms with E-state index in [0.717, 1.165) is 0 Å². The number of hydrogen-bond acceptors (Lipinski definition) is 3. The summed E-state index contributed by atoms with van der Waals surface area (Å²) in [6, 6.07) is 26.4. The zero-order valence-corrected chi connectivity index (χ0v) is 14.0. The average Bonchev–Trinajstić information content (AvgIpc) is 2.65. The molecule has 27 heavy (non-hydrogen) atoms. The van der Waals surface area contributed by atoms with E-state index < -0.39 is 12.3 Å². The minimum Gasteiger partial charge on any atom is -0.449 e. The molecule has 0 spiro atoms. The van der Waals surface area contributed by atoms with Crippen LogP contribution in [0.15, 0.2) is 72.8 Å². The predicted molar refractivity (Wildman–Crippen MR) is 105 cm³/mol. The summed E-state index contributed by atoms with van der Waals surface area (Å²) < 4.78 is 3.08. The maximum atomic E-state index is 9.21. The molecule has 0 aliphatic rings. The van der Waals surface area contributed by atoms with Crippen molar-refractivity contribution in [2.75, 3.05) is 0 Å². The summed E-state index contributed by atoms with van der Waals surface area (Å²) in [5.41, 5.74) is 0. The molecule has 2 N–H and O–H groups in total. The van der Waals surface area contributed by atoms with Crippen LogP contribution in [-0.2, 0) is 4.74 Å². The molecule has 0 saturated carbocycles. The van der Waals surface area contributed by atoms with Gasteiger partial charge in [-0.15, -0.1) is 0 Å². The van der Waals surface area contributed by atoms with Gasteiger partial charge >= 0.3 is 12.3 Å². The van der Waals surface area contributed by atoms with Crippen LogP contribution in [0.5, 0.6) is 0 Å². The van der Waals surface area contributed by atoms with Crippen LogP contribution in [0.1, 0.15) is 0 Å². The van der Waals surface area contributed by atoms with Gasteiger partial charge in [-0.2, -0.15) is 0 Å². The van der Waals surface area contributed by atoms with Crippen LogP contribution in [0.3, 0.4) is 0 Å². The monoisotopic (exact) mass is 358 g/mol. The molecule has 132 valence electrons. The lowest BCUT2D eigenvalue weighted by Crippen LogP contribution is -2.05. The molecule has 5 nitrogen and oxygen atoms in total. The van der Waals surface area contributed by atoms with Crippen LogP contribution in [0, 0.1) is 0 Å². The number of benzene rings is 5. The van der Waals surface area contributed by atoms with Gasteiger partial charge in [0.15, 0.2) is 0 Å². The van der Waals surface area contributed by atoms with Crippen molar-refractivity contribution >= 4 is 55.4 Å². The molecule has 0 aliphatic heterocycles. The molecule has 5 rings (SSSR count). The lowest BCUT2D eigenvalue weighted by Gasteiger charge is -2.13. The Morgan fingerprint density at radius 3 is 1.07 bits per heavy atom. The average molecular weight is 358 g/mol. The van der Waals surface area contributed by atoms with E-state index in [4.69, 9.17) is 10.2 Å². The summed E-state index contributed by atoms with van der Waals surface area (Å²) in [5, 5.41) is 25.8. The highest BCUT2D eigenvalue weighted by atomic mass is 16.7.